The predicted octanol–water partition coefficient (Wildman–Crippen LogP) is 5.81. The molecule has 3 aromatic rings. The number of halogens is 5. The third kappa shape index (κ3) is 4.58. The zero-order chi connectivity index (χ0) is 25.3. The molecule has 3 N–H and O–H groups in total. The molecular formula is C24H22F5N3O2. The van der Waals surface area contributed by atoms with E-state index >= 15 is 0 Å². The quantitative estimate of drug-likeness (QED) is 0.413. The first-order chi connectivity index (χ1) is 16.0. The van der Waals surface area contributed by atoms with E-state index in [2.05, 4.69) is 15.6 Å². The fourth-order valence-electron chi connectivity index (χ4n) is 3.40. The second-order valence-corrected chi connectivity index (χ2v) is 7.43. The number of amides is 1. The normalized spacial score (nSPS) is 14.4. The van der Waals surface area contributed by atoms with Crippen LogP contribution in [0.1, 0.15) is 42.4 Å². The van der Waals surface area contributed by atoms with Crippen LogP contribution >= 0.6 is 0 Å². The Kier molecular flexibility index (Phi) is 6.92. The Bertz CT molecular complexity index is 1190. The molecule has 5 nitrogen and oxygen atoms in total. The van der Waals surface area contributed by atoms with Crippen molar-refractivity contribution in [2.75, 3.05) is 5.32 Å². The molecule has 10 heteroatoms. The van der Waals surface area contributed by atoms with Crippen molar-refractivity contribution in [1.82, 2.24) is 10.3 Å². The summed E-state index contributed by atoms with van der Waals surface area (Å²) in [6.45, 7) is 4.70. The van der Waals surface area contributed by atoms with Crippen LogP contribution in [-0.2, 0) is 12.1 Å². The molecule has 1 amide bonds. The summed E-state index contributed by atoms with van der Waals surface area (Å²) in [6.07, 6.45) is -4.87. The number of carbonyl (C=O) groups excluding carboxylic acids is 1. The number of nitrogens with zero attached hydrogens (tertiary/aromatic N) is 1. The van der Waals surface area contributed by atoms with Gasteiger partial charge in [0.1, 0.15) is 11.6 Å². The minimum Gasteiger partial charge on any atom is -0.376 e. The Labute approximate surface area is 192 Å². The van der Waals surface area contributed by atoms with Crippen molar-refractivity contribution in [1.29, 1.82) is 0 Å². The molecule has 0 saturated heterocycles. The summed E-state index contributed by atoms with van der Waals surface area (Å²) < 4.78 is 67.7. The van der Waals surface area contributed by atoms with Crippen molar-refractivity contribution < 1.29 is 31.9 Å². The number of benzene rings is 2. The molecule has 2 aromatic carbocycles. The van der Waals surface area contributed by atoms with Gasteiger partial charge >= 0.3 is 6.18 Å². The molecule has 0 saturated carbocycles. The Balaban J connectivity index is 0.00000158. The smallest absolute Gasteiger partial charge is 0.376 e. The topological polar surface area (TPSA) is 74.2 Å². The average Bonchev–Trinajstić information content (AvgIpc) is 3.16. The Hall–Kier alpha value is -3.53. The molecule has 0 aliphatic carbocycles. The van der Waals surface area contributed by atoms with Gasteiger partial charge in [0.15, 0.2) is 5.60 Å². The minimum atomic E-state index is -4.87. The van der Waals surface area contributed by atoms with E-state index in [9.17, 15) is 31.9 Å². The van der Waals surface area contributed by atoms with Crippen LogP contribution < -0.4 is 10.6 Å². The number of rotatable bonds is 4. The van der Waals surface area contributed by atoms with Gasteiger partial charge in [0.2, 0.25) is 0 Å². The predicted molar refractivity (Wildman–Crippen MR) is 117 cm³/mol. The molecule has 0 fully saturated rings. The lowest BCUT2D eigenvalue weighted by Gasteiger charge is -2.26. The third-order valence-electron chi connectivity index (χ3n) is 5.23. The van der Waals surface area contributed by atoms with Crippen LogP contribution in [0.15, 0.2) is 48.5 Å². The van der Waals surface area contributed by atoms with Gasteiger partial charge < -0.3 is 15.7 Å². The number of alkyl halides is 3. The Morgan fingerprint density at radius 3 is 2.15 bits per heavy atom. The number of pyridine rings is 1. The SMILES string of the molecule is CC.CC(O)(c1ccc(Nc2cc(-c3c(F)cccc3F)nc3c2C(=O)NC3)cc1)C(F)(F)F. The van der Waals surface area contributed by atoms with Gasteiger partial charge in [0, 0.05) is 5.69 Å². The number of aliphatic hydroxyl groups is 1. The first-order valence-electron chi connectivity index (χ1n) is 10.4. The maximum atomic E-state index is 14.3. The molecule has 2 heterocycles. The van der Waals surface area contributed by atoms with Crippen molar-refractivity contribution in [3.8, 4) is 11.3 Å². The monoisotopic (exact) mass is 479 g/mol. The highest BCUT2D eigenvalue weighted by molar-refractivity contribution is 6.04. The van der Waals surface area contributed by atoms with E-state index < -0.39 is 29.3 Å². The van der Waals surface area contributed by atoms with Crippen LogP contribution in [0.25, 0.3) is 11.3 Å². The zero-order valence-electron chi connectivity index (χ0n) is 18.5. The summed E-state index contributed by atoms with van der Waals surface area (Å²) in [5.41, 5.74) is -2.92. The molecule has 0 bridgehead atoms. The third-order valence-corrected chi connectivity index (χ3v) is 5.23. The van der Waals surface area contributed by atoms with Gasteiger partial charge in [0.05, 0.1) is 34.7 Å². The van der Waals surface area contributed by atoms with Crippen LogP contribution in [-0.4, -0.2) is 22.2 Å². The number of hydrogen-bond acceptors (Lipinski definition) is 4. The van der Waals surface area contributed by atoms with E-state index in [1.54, 1.807) is 0 Å². The van der Waals surface area contributed by atoms with E-state index in [0.29, 0.717) is 12.6 Å². The molecule has 0 spiro atoms. The molecule has 34 heavy (non-hydrogen) atoms. The summed E-state index contributed by atoms with van der Waals surface area (Å²) in [7, 11) is 0. The lowest BCUT2D eigenvalue weighted by Crippen LogP contribution is -2.39. The van der Waals surface area contributed by atoms with Crippen LogP contribution in [0.5, 0.6) is 0 Å². The van der Waals surface area contributed by atoms with E-state index in [4.69, 9.17) is 0 Å². The van der Waals surface area contributed by atoms with Gasteiger partial charge in [-0.25, -0.2) is 13.8 Å². The molecule has 0 radical (unpaired) electrons. The van der Waals surface area contributed by atoms with Crippen LogP contribution in [0.3, 0.4) is 0 Å². The second-order valence-electron chi connectivity index (χ2n) is 7.43. The summed E-state index contributed by atoms with van der Waals surface area (Å²) in [6, 6.07) is 9.43. The average molecular weight is 479 g/mol. The van der Waals surface area contributed by atoms with E-state index in [1.807, 2.05) is 13.8 Å². The van der Waals surface area contributed by atoms with Gasteiger partial charge in [-0.15, -0.1) is 0 Å². The number of fused-ring (bicyclic) bond motifs is 1. The van der Waals surface area contributed by atoms with Gasteiger partial charge in [-0.05, 0) is 42.8 Å². The van der Waals surface area contributed by atoms with Gasteiger partial charge in [-0.3, -0.25) is 4.79 Å². The summed E-state index contributed by atoms with van der Waals surface area (Å²) in [5, 5.41) is 15.3. The lowest BCUT2D eigenvalue weighted by atomic mass is 9.95. The molecule has 4 rings (SSSR count). The highest BCUT2D eigenvalue weighted by Gasteiger charge is 2.51. The Morgan fingerprint density at radius 2 is 1.59 bits per heavy atom. The van der Waals surface area contributed by atoms with E-state index in [1.165, 1.54) is 24.3 Å². The van der Waals surface area contributed by atoms with Gasteiger partial charge in [0.25, 0.3) is 5.91 Å². The van der Waals surface area contributed by atoms with E-state index in [0.717, 1.165) is 24.3 Å². The number of anilines is 2. The molecule has 1 unspecified atom stereocenters. The molecule has 1 aliphatic heterocycles. The molecule has 1 aliphatic rings. The summed E-state index contributed by atoms with van der Waals surface area (Å²) >= 11 is 0. The lowest BCUT2D eigenvalue weighted by molar-refractivity contribution is -0.258. The molecular weight excluding hydrogens is 457 g/mol. The van der Waals surface area contributed by atoms with Crippen molar-refractivity contribution in [3.05, 3.63) is 77.0 Å². The van der Waals surface area contributed by atoms with Crippen LogP contribution in [0, 0.1) is 11.6 Å². The maximum Gasteiger partial charge on any atom is 0.421 e. The number of aromatic nitrogens is 1. The van der Waals surface area contributed by atoms with Crippen molar-refractivity contribution in [2.24, 2.45) is 0 Å². The fourth-order valence-corrected chi connectivity index (χ4v) is 3.40. The summed E-state index contributed by atoms with van der Waals surface area (Å²) in [4.78, 5) is 16.5. The highest BCUT2D eigenvalue weighted by atomic mass is 19.4. The maximum absolute atomic E-state index is 14.3. The van der Waals surface area contributed by atoms with Crippen molar-refractivity contribution in [2.45, 2.75) is 39.1 Å². The first kappa shape index (κ1) is 25.1. The van der Waals surface area contributed by atoms with Crippen molar-refractivity contribution in [3.63, 3.8) is 0 Å². The number of hydrogen-bond donors (Lipinski definition) is 3. The standard InChI is InChI=1S/C22H16F5N3O2.C2H6/c1-21(32,22(25,26)27)11-5-7-12(8-6-11)29-16-9-15(18-13(23)3-2-4-14(18)24)30-17-10-28-20(31)19(16)17;1-2/h2-9,32H,10H2,1H3,(H,28,31)(H,29,30);1-2H3. The van der Waals surface area contributed by atoms with Crippen LogP contribution in [0.4, 0.5) is 33.3 Å². The van der Waals surface area contributed by atoms with E-state index in [-0.39, 0.29) is 40.3 Å². The largest absolute Gasteiger partial charge is 0.421 e. The summed E-state index contributed by atoms with van der Waals surface area (Å²) in [5.74, 6) is -2.12. The second kappa shape index (κ2) is 9.38. The minimum absolute atomic E-state index is 0.0463. The molecule has 180 valence electrons. The van der Waals surface area contributed by atoms with Crippen molar-refractivity contribution >= 4 is 17.3 Å². The number of nitrogens with one attached hydrogen (secondary N) is 2. The first-order valence-corrected chi connectivity index (χ1v) is 10.4. The van der Waals surface area contributed by atoms with Gasteiger partial charge in [-0.1, -0.05) is 32.0 Å². The molecule has 1 aromatic heterocycles. The fraction of sp³-hybridized carbons (Fsp3) is 0.250. The van der Waals surface area contributed by atoms with Gasteiger partial charge in [-0.2, -0.15) is 13.2 Å². The zero-order valence-corrected chi connectivity index (χ0v) is 18.5. The highest BCUT2D eigenvalue weighted by Crippen LogP contribution is 2.39. The molecule has 1 atom stereocenters. The van der Waals surface area contributed by atoms with Crippen LogP contribution in [0.2, 0.25) is 0 Å². The Morgan fingerprint density at radius 1 is 1.00 bits per heavy atom. The number of carbonyl (C=O) groups is 1.